The van der Waals surface area contributed by atoms with E-state index >= 15 is 0 Å². The number of benzene rings is 1. The summed E-state index contributed by atoms with van der Waals surface area (Å²) < 4.78 is 27.1. The normalized spacial score (nSPS) is 11.3. The number of aromatic nitrogens is 2. The molecule has 2 aromatic rings. The monoisotopic (exact) mass is 320 g/mol. The summed E-state index contributed by atoms with van der Waals surface area (Å²) in [7, 11) is 1.53. The molecular weight excluding hydrogens is 295 g/mol. The molecule has 1 aromatic carbocycles. The van der Waals surface area contributed by atoms with E-state index in [1.807, 2.05) is 25.5 Å². The van der Waals surface area contributed by atoms with Gasteiger partial charge in [-0.25, -0.2) is 4.39 Å². The number of halogens is 1. The van der Waals surface area contributed by atoms with Gasteiger partial charge in [-0.2, -0.15) is 0 Å². The van der Waals surface area contributed by atoms with Gasteiger partial charge in [0.05, 0.1) is 13.2 Å². The van der Waals surface area contributed by atoms with E-state index in [4.69, 9.17) is 9.47 Å². The molecule has 0 bridgehead atoms. The van der Waals surface area contributed by atoms with Gasteiger partial charge in [-0.1, -0.05) is 6.07 Å². The molecule has 0 amide bonds. The molecule has 23 heavy (non-hydrogen) atoms. The first kappa shape index (κ1) is 17.3. The van der Waals surface area contributed by atoms with Gasteiger partial charge in [0.1, 0.15) is 11.6 Å². The molecule has 0 N–H and O–H groups in total. The van der Waals surface area contributed by atoms with E-state index in [0.29, 0.717) is 23.6 Å². The van der Waals surface area contributed by atoms with Gasteiger partial charge in [0.2, 0.25) is 5.88 Å². The van der Waals surface area contributed by atoms with Crippen molar-refractivity contribution in [1.29, 1.82) is 0 Å². The van der Waals surface area contributed by atoms with Crippen molar-refractivity contribution in [1.82, 2.24) is 9.78 Å². The topological polar surface area (TPSA) is 36.3 Å². The van der Waals surface area contributed by atoms with Gasteiger partial charge in [-0.3, -0.25) is 4.68 Å². The lowest BCUT2D eigenvalue weighted by Crippen LogP contribution is -2.08. The van der Waals surface area contributed by atoms with Gasteiger partial charge in [0, 0.05) is 29.8 Å². The van der Waals surface area contributed by atoms with Crippen LogP contribution in [-0.2, 0) is 6.42 Å². The molecule has 0 aliphatic rings. The van der Waals surface area contributed by atoms with Crippen molar-refractivity contribution in [3.05, 3.63) is 40.8 Å². The Hall–Kier alpha value is -2.04. The zero-order valence-corrected chi connectivity index (χ0v) is 14.7. The second kappa shape index (κ2) is 7.02. The van der Waals surface area contributed by atoms with Crippen molar-refractivity contribution >= 4 is 0 Å². The fourth-order valence-electron chi connectivity index (χ4n) is 2.54. The highest BCUT2D eigenvalue weighted by Gasteiger charge is 2.20. The summed E-state index contributed by atoms with van der Waals surface area (Å²) in [6.45, 7) is 10.0. The average molecular weight is 320 g/mol. The lowest BCUT2D eigenvalue weighted by molar-refractivity contribution is 0.227. The predicted octanol–water partition coefficient (Wildman–Crippen LogP) is 4.30. The maximum atomic E-state index is 14.3. The van der Waals surface area contributed by atoms with E-state index in [9.17, 15) is 4.39 Å². The smallest absolute Gasteiger partial charge is 0.236 e. The van der Waals surface area contributed by atoms with Gasteiger partial charge >= 0.3 is 0 Å². The third-order valence-electron chi connectivity index (χ3n) is 3.70. The third kappa shape index (κ3) is 3.84. The molecule has 0 atom stereocenters. The number of nitrogens with zero attached hydrogens (tertiary/aromatic N) is 2. The number of hydrogen-bond donors (Lipinski definition) is 0. The summed E-state index contributed by atoms with van der Waals surface area (Å²) in [6.07, 6.45) is 0.459. The van der Waals surface area contributed by atoms with Crippen LogP contribution in [0.25, 0.3) is 0 Å². The van der Waals surface area contributed by atoms with Crippen LogP contribution in [0.15, 0.2) is 18.2 Å². The van der Waals surface area contributed by atoms with Crippen LogP contribution in [0.3, 0.4) is 0 Å². The first-order valence-electron chi connectivity index (χ1n) is 7.90. The number of ether oxygens (including phenoxy) is 2. The van der Waals surface area contributed by atoms with E-state index in [-0.39, 0.29) is 18.0 Å². The summed E-state index contributed by atoms with van der Waals surface area (Å²) in [6, 6.07) is 5.14. The summed E-state index contributed by atoms with van der Waals surface area (Å²) in [5, 5.41) is 4.56. The van der Waals surface area contributed by atoms with Crippen molar-refractivity contribution in [3.8, 4) is 11.6 Å². The largest absolute Gasteiger partial charge is 0.497 e. The average Bonchev–Trinajstić information content (AvgIpc) is 2.77. The fourth-order valence-corrected chi connectivity index (χ4v) is 2.54. The van der Waals surface area contributed by atoms with Crippen molar-refractivity contribution in [3.63, 3.8) is 0 Å². The molecule has 0 unspecified atom stereocenters. The van der Waals surface area contributed by atoms with Crippen LogP contribution in [0.2, 0.25) is 0 Å². The fraction of sp³-hybridized carbons (Fsp3) is 0.500. The van der Waals surface area contributed by atoms with Gasteiger partial charge < -0.3 is 9.47 Å². The van der Waals surface area contributed by atoms with Gasteiger partial charge in [0.15, 0.2) is 0 Å². The Balaban J connectivity index is 2.41. The second-order valence-corrected chi connectivity index (χ2v) is 6.21. The molecule has 0 fully saturated rings. The zero-order valence-electron chi connectivity index (χ0n) is 14.7. The number of methoxy groups -OCH3 is 1. The van der Waals surface area contributed by atoms with E-state index in [1.54, 1.807) is 12.1 Å². The molecule has 0 spiro atoms. The molecule has 1 aromatic heterocycles. The molecular formula is C18H25FN2O2. The maximum absolute atomic E-state index is 14.3. The summed E-state index contributed by atoms with van der Waals surface area (Å²) >= 11 is 0. The summed E-state index contributed by atoms with van der Waals surface area (Å²) in [5.41, 5.74) is 2.54. The molecule has 126 valence electrons. The number of hydrogen-bond acceptors (Lipinski definition) is 3. The first-order chi connectivity index (χ1) is 10.8. The molecule has 2 rings (SSSR count). The van der Waals surface area contributed by atoms with Gasteiger partial charge in [-0.15, -0.1) is 5.10 Å². The minimum absolute atomic E-state index is 0.0179. The molecule has 0 saturated carbocycles. The molecule has 0 radical (unpaired) electrons. The standard InChI is InChI=1S/C18H25FN2O2/c1-11(2)21-13(5)16(18(20-21)23-12(3)4)9-14-7-8-15(22-6)10-17(14)19/h7-8,10-12H,9H2,1-6H3. The highest BCUT2D eigenvalue weighted by atomic mass is 19.1. The Morgan fingerprint density at radius 2 is 1.91 bits per heavy atom. The number of rotatable bonds is 6. The third-order valence-corrected chi connectivity index (χ3v) is 3.70. The van der Waals surface area contributed by atoms with Crippen LogP contribution in [0, 0.1) is 12.7 Å². The highest BCUT2D eigenvalue weighted by molar-refractivity contribution is 5.39. The molecule has 5 heteroatoms. The lowest BCUT2D eigenvalue weighted by atomic mass is 10.0. The van der Waals surface area contributed by atoms with Crippen LogP contribution < -0.4 is 9.47 Å². The van der Waals surface area contributed by atoms with E-state index in [0.717, 1.165) is 11.3 Å². The first-order valence-corrected chi connectivity index (χ1v) is 7.90. The van der Waals surface area contributed by atoms with Crippen molar-refractivity contribution in [2.45, 2.75) is 53.2 Å². The van der Waals surface area contributed by atoms with Crippen molar-refractivity contribution < 1.29 is 13.9 Å². The van der Waals surface area contributed by atoms with Crippen LogP contribution in [-0.4, -0.2) is 23.0 Å². The van der Waals surface area contributed by atoms with Crippen LogP contribution in [0.4, 0.5) is 4.39 Å². The minimum atomic E-state index is -0.281. The van der Waals surface area contributed by atoms with E-state index in [2.05, 4.69) is 18.9 Å². The van der Waals surface area contributed by atoms with Crippen LogP contribution in [0.5, 0.6) is 11.6 Å². The Kier molecular flexibility index (Phi) is 5.29. The molecule has 0 saturated heterocycles. The Bertz CT molecular complexity index is 678. The molecule has 0 aliphatic carbocycles. The van der Waals surface area contributed by atoms with E-state index in [1.165, 1.54) is 13.2 Å². The molecule has 0 aliphatic heterocycles. The van der Waals surface area contributed by atoms with Crippen molar-refractivity contribution in [2.24, 2.45) is 0 Å². The quantitative estimate of drug-likeness (QED) is 0.796. The van der Waals surface area contributed by atoms with Crippen molar-refractivity contribution in [2.75, 3.05) is 7.11 Å². The van der Waals surface area contributed by atoms with Gasteiger partial charge in [-0.05, 0) is 46.2 Å². The van der Waals surface area contributed by atoms with Gasteiger partial charge in [0.25, 0.3) is 0 Å². The maximum Gasteiger partial charge on any atom is 0.236 e. The Morgan fingerprint density at radius 3 is 2.43 bits per heavy atom. The molecule has 1 heterocycles. The lowest BCUT2D eigenvalue weighted by Gasteiger charge is -2.10. The summed E-state index contributed by atoms with van der Waals surface area (Å²) in [4.78, 5) is 0. The van der Waals surface area contributed by atoms with E-state index < -0.39 is 0 Å². The Labute approximate surface area is 137 Å². The zero-order chi connectivity index (χ0) is 17.1. The minimum Gasteiger partial charge on any atom is -0.497 e. The van der Waals surface area contributed by atoms with Crippen LogP contribution >= 0.6 is 0 Å². The van der Waals surface area contributed by atoms with Crippen LogP contribution in [0.1, 0.15) is 50.6 Å². The second-order valence-electron chi connectivity index (χ2n) is 6.21. The predicted molar refractivity (Wildman–Crippen MR) is 88.9 cm³/mol. The summed E-state index contributed by atoms with van der Waals surface area (Å²) in [5.74, 6) is 0.817. The Morgan fingerprint density at radius 1 is 1.22 bits per heavy atom. The SMILES string of the molecule is COc1ccc(Cc2c(OC(C)C)nn(C(C)C)c2C)c(F)c1. The molecule has 4 nitrogen and oxygen atoms in total. The highest BCUT2D eigenvalue weighted by Crippen LogP contribution is 2.29.